The number of allylic oxidation sites excluding steroid dienone is 1. The van der Waals surface area contributed by atoms with Crippen LogP contribution in [0.2, 0.25) is 39.3 Å². The molecule has 76 valence electrons. The average Bonchev–Trinajstić information content (AvgIpc) is 2.58. The van der Waals surface area contributed by atoms with Crippen molar-refractivity contribution < 1.29 is 0 Å². The van der Waals surface area contributed by atoms with Crippen molar-refractivity contribution in [1.29, 1.82) is 0 Å². The summed E-state index contributed by atoms with van der Waals surface area (Å²) in [5.74, 6) is 0.999. The Bertz CT molecular complexity index is 211. The molecule has 0 spiro atoms. The first kappa shape index (κ1) is 11.2. The third-order valence-corrected chi connectivity index (χ3v) is 6.22. The van der Waals surface area contributed by atoms with E-state index in [2.05, 4.69) is 45.0 Å². The summed E-state index contributed by atoms with van der Waals surface area (Å²) in [4.78, 5) is 0. The van der Waals surface area contributed by atoms with Crippen LogP contribution in [0.3, 0.4) is 0 Å². The van der Waals surface area contributed by atoms with E-state index in [1.165, 1.54) is 12.8 Å². The van der Waals surface area contributed by atoms with Crippen molar-refractivity contribution in [3.05, 3.63) is 10.9 Å². The van der Waals surface area contributed by atoms with Gasteiger partial charge in [0, 0.05) is 0 Å². The molecule has 2 heteroatoms. The maximum atomic E-state index is 2.69. The SMILES string of the molecule is C[Si](C)(C)C=C(C1CC1)[Si](C)(C)C. The van der Waals surface area contributed by atoms with E-state index in [0.717, 1.165) is 5.92 Å². The Morgan fingerprint density at radius 3 is 1.69 bits per heavy atom. The lowest BCUT2D eigenvalue weighted by Gasteiger charge is -2.24. The molecule has 1 aliphatic carbocycles. The Hall–Kier alpha value is 0.174. The van der Waals surface area contributed by atoms with Crippen LogP contribution in [0.5, 0.6) is 0 Å². The number of hydrogen-bond donors (Lipinski definition) is 0. The van der Waals surface area contributed by atoms with Crippen molar-refractivity contribution >= 4 is 16.1 Å². The largest absolute Gasteiger partial charge is 0.0992 e. The highest BCUT2D eigenvalue weighted by atomic mass is 28.3. The van der Waals surface area contributed by atoms with Gasteiger partial charge in [-0.15, -0.1) is 0 Å². The lowest BCUT2D eigenvalue weighted by atomic mass is 10.4. The van der Waals surface area contributed by atoms with Crippen LogP contribution in [-0.4, -0.2) is 16.1 Å². The van der Waals surface area contributed by atoms with Gasteiger partial charge in [-0.3, -0.25) is 0 Å². The number of rotatable bonds is 3. The summed E-state index contributed by atoms with van der Waals surface area (Å²) in [5, 5.41) is 1.88. The fourth-order valence-electron chi connectivity index (χ4n) is 1.81. The highest BCUT2D eigenvalue weighted by Crippen LogP contribution is 2.41. The minimum Gasteiger partial charge on any atom is -0.0992 e. The van der Waals surface area contributed by atoms with Gasteiger partial charge in [0.15, 0.2) is 0 Å². The molecule has 0 aromatic rings. The second kappa shape index (κ2) is 3.39. The smallest absolute Gasteiger partial charge is 0.0718 e. The van der Waals surface area contributed by atoms with E-state index >= 15 is 0 Å². The molecule has 0 N–H and O–H groups in total. The molecule has 0 aliphatic heterocycles. The monoisotopic (exact) mass is 212 g/mol. The molecule has 0 saturated heterocycles. The fourth-order valence-corrected chi connectivity index (χ4v) is 7.52. The predicted molar refractivity (Wildman–Crippen MR) is 67.5 cm³/mol. The summed E-state index contributed by atoms with van der Waals surface area (Å²) in [5.41, 5.74) is 2.69. The van der Waals surface area contributed by atoms with Gasteiger partial charge in [-0.2, -0.15) is 0 Å². The molecule has 13 heavy (non-hydrogen) atoms. The molecular weight excluding hydrogens is 188 g/mol. The molecule has 0 radical (unpaired) electrons. The molecule has 0 bridgehead atoms. The lowest BCUT2D eigenvalue weighted by Crippen LogP contribution is -2.29. The molecule has 1 saturated carbocycles. The first-order chi connectivity index (χ1) is 5.70. The highest BCUT2D eigenvalue weighted by molar-refractivity contribution is 6.88. The van der Waals surface area contributed by atoms with E-state index < -0.39 is 16.1 Å². The molecule has 0 aromatic carbocycles. The number of hydrogen-bond acceptors (Lipinski definition) is 0. The van der Waals surface area contributed by atoms with Crippen LogP contribution in [0.1, 0.15) is 12.8 Å². The normalized spacial score (nSPS) is 20.6. The van der Waals surface area contributed by atoms with Crippen LogP contribution in [-0.2, 0) is 0 Å². The molecule has 1 aliphatic rings. The van der Waals surface area contributed by atoms with Crippen LogP contribution in [0.15, 0.2) is 10.9 Å². The van der Waals surface area contributed by atoms with Gasteiger partial charge in [-0.25, -0.2) is 0 Å². The first-order valence-electron chi connectivity index (χ1n) is 5.43. The Morgan fingerprint density at radius 2 is 1.46 bits per heavy atom. The third-order valence-electron chi connectivity index (χ3n) is 2.47. The van der Waals surface area contributed by atoms with E-state index in [0.29, 0.717) is 0 Å². The predicted octanol–water partition coefficient (Wildman–Crippen LogP) is 4.08. The van der Waals surface area contributed by atoms with Gasteiger partial charge in [0.2, 0.25) is 0 Å². The van der Waals surface area contributed by atoms with Gasteiger partial charge < -0.3 is 0 Å². The van der Waals surface area contributed by atoms with Crippen LogP contribution >= 0.6 is 0 Å². The Kier molecular flexibility index (Phi) is 2.93. The molecule has 0 unspecified atom stereocenters. The van der Waals surface area contributed by atoms with E-state index in [1.807, 2.05) is 5.20 Å². The molecule has 0 nitrogen and oxygen atoms in total. The van der Waals surface area contributed by atoms with Gasteiger partial charge in [0.25, 0.3) is 0 Å². The zero-order valence-corrected chi connectivity index (χ0v) is 12.1. The van der Waals surface area contributed by atoms with E-state index in [9.17, 15) is 0 Å². The molecule has 0 heterocycles. The Morgan fingerprint density at radius 1 is 1.00 bits per heavy atom. The van der Waals surface area contributed by atoms with Crippen LogP contribution in [0, 0.1) is 5.92 Å². The minimum atomic E-state index is -1.00. The summed E-state index contributed by atoms with van der Waals surface area (Å²) in [6, 6.07) is 0. The highest BCUT2D eigenvalue weighted by Gasteiger charge is 2.34. The zero-order chi connectivity index (χ0) is 10.3. The summed E-state index contributed by atoms with van der Waals surface area (Å²) in [7, 11) is -1.98. The summed E-state index contributed by atoms with van der Waals surface area (Å²) in [6.07, 6.45) is 2.95. The van der Waals surface area contributed by atoms with Gasteiger partial charge in [0.1, 0.15) is 0 Å². The topological polar surface area (TPSA) is 0 Å². The van der Waals surface area contributed by atoms with Crippen molar-refractivity contribution in [3.63, 3.8) is 0 Å². The van der Waals surface area contributed by atoms with Crippen LogP contribution < -0.4 is 0 Å². The van der Waals surface area contributed by atoms with Crippen molar-refractivity contribution in [2.75, 3.05) is 0 Å². The molecular formula is C11H24Si2. The van der Waals surface area contributed by atoms with E-state index in [1.54, 1.807) is 0 Å². The molecule has 0 aromatic heterocycles. The third kappa shape index (κ3) is 3.82. The van der Waals surface area contributed by atoms with Crippen molar-refractivity contribution in [1.82, 2.24) is 0 Å². The van der Waals surface area contributed by atoms with Gasteiger partial charge in [-0.05, 0) is 18.8 Å². The molecule has 0 atom stereocenters. The van der Waals surface area contributed by atoms with Gasteiger partial charge >= 0.3 is 0 Å². The van der Waals surface area contributed by atoms with Gasteiger partial charge in [0.05, 0.1) is 16.1 Å². The minimum absolute atomic E-state index is 0.980. The second-order valence-corrected chi connectivity index (χ2v) is 16.6. The zero-order valence-electron chi connectivity index (χ0n) is 10.1. The molecule has 1 fully saturated rings. The lowest BCUT2D eigenvalue weighted by molar-refractivity contribution is 1.07. The van der Waals surface area contributed by atoms with Gasteiger partial charge in [-0.1, -0.05) is 50.2 Å². The maximum absolute atomic E-state index is 2.69. The van der Waals surface area contributed by atoms with E-state index in [-0.39, 0.29) is 0 Å². The Labute approximate surface area is 85.5 Å². The maximum Gasteiger partial charge on any atom is 0.0718 e. The quantitative estimate of drug-likeness (QED) is 0.619. The standard InChI is InChI=1S/C11H24Si2/c1-12(2,3)9-11(10-7-8-10)13(4,5)6/h9-10H,7-8H2,1-6H3. The first-order valence-corrected chi connectivity index (χ1v) is 12.5. The molecule has 1 rings (SSSR count). The van der Waals surface area contributed by atoms with Crippen LogP contribution in [0.4, 0.5) is 0 Å². The second-order valence-electron chi connectivity index (χ2n) is 6.49. The van der Waals surface area contributed by atoms with E-state index in [4.69, 9.17) is 0 Å². The summed E-state index contributed by atoms with van der Waals surface area (Å²) >= 11 is 0. The van der Waals surface area contributed by atoms with Crippen LogP contribution in [0.25, 0.3) is 0 Å². The van der Waals surface area contributed by atoms with Crippen molar-refractivity contribution in [3.8, 4) is 0 Å². The average molecular weight is 212 g/mol. The van der Waals surface area contributed by atoms with Crippen molar-refractivity contribution in [2.24, 2.45) is 5.92 Å². The van der Waals surface area contributed by atoms with Crippen molar-refractivity contribution in [2.45, 2.75) is 52.1 Å². The summed E-state index contributed by atoms with van der Waals surface area (Å²) < 4.78 is 0. The summed E-state index contributed by atoms with van der Waals surface area (Å²) in [6.45, 7) is 14.9. The molecule has 0 amide bonds. The fraction of sp³-hybridized carbons (Fsp3) is 0.818. The Balaban J connectivity index is 2.85.